The van der Waals surface area contributed by atoms with E-state index >= 15 is 0 Å². The molecule has 0 radical (unpaired) electrons. The number of rotatable bonds is 20. The van der Waals surface area contributed by atoms with Crippen LogP contribution in [0.15, 0.2) is 48.5 Å². The number of aryl methyl sites for hydroxylation is 1. The minimum absolute atomic E-state index is 0.0260. The van der Waals surface area contributed by atoms with Gasteiger partial charge in [-0.15, -0.1) is 0 Å². The first-order valence-electron chi connectivity index (χ1n) is 20.8. The van der Waals surface area contributed by atoms with Gasteiger partial charge >= 0.3 is 0 Å². The number of likely N-dealkylation sites (tertiary alicyclic amines) is 1. The highest BCUT2D eigenvalue weighted by atomic mass is 16.5. The lowest BCUT2D eigenvalue weighted by atomic mass is 10.0. The van der Waals surface area contributed by atoms with Gasteiger partial charge < -0.3 is 40.5 Å². The van der Waals surface area contributed by atoms with Gasteiger partial charge in [0.25, 0.3) is 5.91 Å². The smallest absolute Gasteiger partial charge is 0.290 e. The van der Waals surface area contributed by atoms with E-state index in [0.717, 1.165) is 12.0 Å². The summed E-state index contributed by atoms with van der Waals surface area (Å²) >= 11 is 0. The van der Waals surface area contributed by atoms with E-state index in [2.05, 4.69) is 21.3 Å². The van der Waals surface area contributed by atoms with Crippen LogP contribution in [0.3, 0.4) is 0 Å². The molecule has 6 amide bonds. The van der Waals surface area contributed by atoms with Crippen LogP contribution in [0.4, 0.5) is 0 Å². The number of carbonyl (C=O) groups is 7. The molecule has 4 rings (SSSR count). The third kappa shape index (κ3) is 16.5. The molecule has 3 unspecified atom stereocenters. The van der Waals surface area contributed by atoms with Gasteiger partial charge in [-0.3, -0.25) is 33.6 Å². The van der Waals surface area contributed by atoms with E-state index in [-0.39, 0.29) is 37.7 Å². The summed E-state index contributed by atoms with van der Waals surface area (Å²) in [5, 5.41) is 10.1. The highest BCUT2D eigenvalue weighted by Gasteiger charge is 2.37. The summed E-state index contributed by atoms with van der Waals surface area (Å²) in [5.74, 6) is -3.84. The first kappa shape index (κ1) is 48.1. The first-order chi connectivity index (χ1) is 28.4. The maximum absolute atomic E-state index is 13.4. The number of methoxy groups -OCH3 is 1. The summed E-state index contributed by atoms with van der Waals surface area (Å²) in [7, 11) is 4.73. The number of ether oxygens (including phenoxy) is 2. The van der Waals surface area contributed by atoms with Crippen molar-refractivity contribution >= 4 is 41.2 Å². The van der Waals surface area contributed by atoms with E-state index in [1.807, 2.05) is 19.1 Å². The molecular weight excluding hydrogens is 757 g/mol. The number of benzene rings is 2. The van der Waals surface area contributed by atoms with Gasteiger partial charge in [-0.05, 0) is 48.9 Å². The third-order valence-electron chi connectivity index (χ3n) is 10.1. The SMILES string of the molecule is C1CCCCC1.CCCC(NC(=O)C1CCCN1C(=O)CNC(=O)Cc1ccc(C)c(OCCCOC)c1)C(=O)C(=O)NCC(=O)NC(C(=O)N(C)C)c1ccccc1. The molecule has 0 aromatic heterocycles. The number of amides is 6. The molecular formula is C44H64N6O9. The van der Waals surface area contributed by atoms with Gasteiger partial charge in [0.1, 0.15) is 17.8 Å². The minimum atomic E-state index is -1.19. The predicted molar refractivity (Wildman–Crippen MR) is 223 cm³/mol. The molecule has 3 atom stereocenters. The highest BCUT2D eigenvalue weighted by Crippen LogP contribution is 2.21. The van der Waals surface area contributed by atoms with Gasteiger partial charge in [-0.25, -0.2) is 0 Å². The van der Waals surface area contributed by atoms with Crippen LogP contribution in [0.1, 0.15) is 100 Å². The fourth-order valence-corrected chi connectivity index (χ4v) is 6.85. The lowest BCUT2D eigenvalue weighted by molar-refractivity contribution is -0.142. The topological polar surface area (TPSA) is 193 Å². The zero-order valence-corrected chi connectivity index (χ0v) is 35.4. The maximum atomic E-state index is 13.4. The molecule has 2 aliphatic rings. The number of ketones is 1. The second kappa shape index (κ2) is 25.9. The Labute approximate surface area is 348 Å². The number of nitrogens with zero attached hydrogens (tertiary/aromatic N) is 2. The van der Waals surface area contributed by atoms with Crippen LogP contribution in [0.5, 0.6) is 5.75 Å². The molecule has 324 valence electrons. The zero-order chi connectivity index (χ0) is 43.2. The summed E-state index contributed by atoms with van der Waals surface area (Å²) in [6.45, 7) is 4.13. The number of hydrogen-bond donors (Lipinski definition) is 4. The van der Waals surface area contributed by atoms with E-state index in [0.29, 0.717) is 49.4 Å². The Bertz CT molecular complexity index is 1690. The molecule has 1 saturated carbocycles. The van der Waals surface area contributed by atoms with Crippen LogP contribution in [0.25, 0.3) is 0 Å². The van der Waals surface area contributed by atoms with Gasteiger partial charge in [0, 0.05) is 40.8 Å². The van der Waals surface area contributed by atoms with E-state index < -0.39 is 54.1 Å². The van der Waals surface area contributed by atoms with Crippen LogP contribution in [-0.2, 0) is 44.7 Å². The molecule has 2 aromatic rings. The van der Waals surface area contributed by atoms with Crippen molar-refractivity contribution < 1.29 is 43.0 Å². The molecule has 1 aliphatic carbocycles. The van der Waals surface area contributed by atoms with E-state index in [4.69, 9.17) is 9.47 Å². The van der Waals surface area contributed by atoms with Crippen LogP contribution in [0, 0.1) is 6.92 Å². The summed E-state index contributed by atoms with van der Waals surface area (Å²) in [6.07, 6.45) is 11.2. The Morgan fingerprint density at radius 3 is 2.14 bits per heavy atom. The van der Waals surface area contributed by atoms with Crippen molar-refractivity contribution in [1.82, 2.24) is 31.1 Å². The second-order valence-corrected chi connectivity index (χ2v) is 15.2. The van der Waals surface area contributed by atoms with Gasteiger partial charge in [-0.2, -0.15) is 0 Å². The fraction of sp³-hybridized carbons (Fsp3) is 0.568. The van der Waals surface area contributed by atoms with Crippen LogP contribution in [-0.4, -0.2) is 117 Å². The Morgan fingerprint density at radius 1 is 0.831 bits per heavy atom. The second-order valence-electron chi connectivity index (χ2n) is 15.2. The lowest BCUT2D eigenvalue weighted by Crippen LogP contribution is -2.54. The Morgan fingerprint density at radius 2 is 1.51 bits per heavy atom. The van der Waals surface area contributed by atoms with Gasteiger partial charge in [-0.1, -0.05) is 94.3 Å². The number of hydrogen-bond acceptors (Lipinski definition) is 9. The summed E-state index contributed by atoms with van der Waals surface area (Å²) in [6, 6.07) is 11.0. The number of likely N-dealkylation sites (N-methyl/N-ethyl adjacent to an activating group) is 1. The van der Waals surface area contributed by atoms with Crippen molar-refractivity contribution in [2.45, 2.75) is 109 Å². The van der Waals surface area contributed by atoms with Crippen LogP contribution >= 0.6 is 0 Å². The molecule has 1 heterocycles. The highest BCUT2D eigenvalue weighted by molar-refractivity contribution is 6.38. The monoisotopic (exact) mass is 820 g/mol. The molecule has 59 heavy (non-hydrogen) atoms. The summed E-state index contributed by atoms with van der Waals surface area (Å²) < 4.78 is 10.9. The van der Waals surface area contributed by atoms with Crippen LogP contribution in [0.2, 0.25) is 0 Å². The first-order valence-corrected chi connectivity index (χ1v) is 20.8. The Hall–Kier alpha value is -5.31. The molecule has 2 aromatic carbocycles. The molecule has 0 bridgehead atoms. The predicted octanol–water partition coefficient (Wildman–Crippen LogP) is 3.32. The van der Waals surface area contributed by atoms with E-state index in [1.54, 1.807) is 64.5 Å². The number of carbonyl (C=O) groups excluding carboxylic acids is 7. The fourth-order valence-electron chi connectivity index (χ4n) is 6.85. The van der Waals surface area contributed by atoms with Crippen molar-refractivity contribution in [2.24, 2.45) is 0 Å². The van der Waals surface area contributed by atoms with E-state index in [1.165, 1.54) is 48.3 Å². The van der Waals surface area contributed by atoms with Crippen molar-refractivity contribution in [3.8, 4) is 5.75 Å². The number of Topliss-reactive ketones (excluding diaryl/α,β-unsaturated/α-hetero) is 1. The van der Waals surface area contributed by atoms with Crippen molar-refractivity contribution in [3.05, 3.63) is 65.2 Å². The molecule has 1 aliphatic heterocycles. The van der Waals surface area contributed by atoms with Crippen molar-refractivity contribution in [2.75, 3.05) is 54.1 Å². The lowest BCUT2D eigenvalue weighted by Gasteiger charge is -2.26. The maximum Gasteiger partial charge on any atom is 0.290 e. The molecule has 15 heteroatoms. The quantitative estimate of drug-likeness (QED) is 0.115. The van der Waals surface area contributed by atoms with Gasteiger partial charge in [0.05, 0.1) is 32.2 Å². The van der Waals surface area contributed by atoms with E-state index in [9.17, 15) is 33.6 Å². The summed E-state index contributed by atoms with van der Waals surface area (Å²) in [5.41, 5.74) is 2.19. The largest absolute Gasteiger partial charge is 0.493 e. The van der Waals surface area contributed by atoms with Crippen LogP contribution < -0.4 is 26.0 Å². The molecule has 15 nitrogen and oxygen atoms in total. The molecule has 0 spiro atoms. The zero-order valence-electron chi connectivity index (χ0n) is 35.4. The Kier molecular flexibility index (Phi) is 21.1. The molecule has 1 saturated heterocycles. The third-order valence-corrected chi connectivity index (χ3v) is 10.1. The average molecular weight is 821 g/mol. The van der Waals surface area contributed by atoms with Gasteiger partial charge in [0.2, 0.25) is 35.3 Å². The Balaban J connectivity index is 0.00000142. The number of nitrogens with one attached hydrogen (secondary N) is 4. The van der Waals surface area contributed by atoms with Crippen molar-refractivity contribution in [1.29, 1.82) is 0 Å². The van der Waals surface area contributed by atoms with Gasteiger partial charge in [0.15, 0.2) is 0 Å². The van der Waals surface area contributed by atoms with Crippen molar-refractivity contribution in [3.63, 3.8) is 0 Å². The summed E-state index contributed by atoms with van der Waals surface area (Å²) in [4.78, 5) is 93.4. The standard InChI is InChI=1S/C38H52N6O9.C6H12/c1-6-12-28(35(48)37(50)40-23-32(46)42-34(38(51)43(3)4)27-13-8-7-9-14-27)41-36(49)29-15-10-18-44(29)33(47)24-39-31(45)22-26-17-16-25(2)30(21-26)53-20-11-19-52-5;1-2-4-6-5-3-1/h7-9,13-14,16-17,21,28-29,34H,6,10-12,15,18-20,22-24H2,1-5H3,(H,39,45)(H,40,50)(H,41,49)(H,42,46);1-6H2. The average Bonchev–Trinajstić information content (AvgIpc) is 3.75. The minimum Gasteiger partial charge on any atom is -0.493 e. The normalized spacial score (nSPS) is 15.7. The molecule has 4 N–H and O–H groups in total. The molecule has 2 fully saturated rings.